The molecule has 1 fully saturated rings. The molecule has 1 saturated carbocycles. The molecule has 5 nitrogen and oxygen atoms in total. The highest BCUT2D eigenvalue weighted by Gasteiger charge is 2.24. The highest BCUT2D eigenvalue weighted by atomic mass is 16.5. The zero-order valence-corrected chi connectivity index (χ0v) is 12.8. The van der Waals surface area contributed by atoms with E-state index < -0.39 is 0 Å². The number of hydrogen-bond donors (Lipinski definition) is 1. The summed E-state index contributed by atoms with van der Waals surface area (Å²) in [6.45, 7) is 5.39. The van der Waals surface area contributed by atoms with Gasteiger partial charge >= 0.3 is 0 Å². The number of aromatic nitrogens is 1. The Morgan fingerprint density at radius 3 is 2.86 bits per heavy atom. The van der Waals surface area contributed by atoms with Crippen LogP contribution in [0, 0.1) is 25.2 Å². The maximum absolute atomic E-state index is 12.0. The first-order chi connectivity index (χ1) is 10.1. The van der Waals surface area contributed by atoms with Gasteiger partial charge in [0, 0.05) is 31.1 Å². The van der Waals surface area contributed by atoms with E-state index in [2.05, 4.69) is 9.88 Å². The van der Waals surface area contributed by atoms with Gasteiger partial charge in [0.25, 0.3) is 5.91 Å². The number of rotatable bonds is 6. The molecule has 0 aromatic carbocycles. The van der Waals surface area contributed by atoms with Crippen molar-refractivity contribution in [2.45, 2.75) is 39.3 Å². The van der Waals surface area contributed by atoms with Crippen LogP contribution in [0.25, 0.3) is 6.08 Å². The number of nitriles is 1. The summed E-state index contributed by atoms with van der Waals surface area (Å²) < 4.78 is 7.23. The molecule has 1 aliphatic rings. The normalized spacial score (nSPS) is 14.9. The Labute approximate surface area is 125 Å². The Morgan fingerprint density at radius 2 is 2.29 bits per heavy atom. The van der Waals surface area contributed by atoms with Gasteiger partial charge in [0.15, 0.2) is 0 Å². The molecule has 0 aliphatic heterocycles. The molecule has 0 radical (unpaired) electrons. The summed E-state index contributed by atoms with van der Waals surface area (Å²) in [6.07, 6.45) is 3.69. The molecular weight excluding hydrogens is 266 g/mol. The van der Waals surface area contributed by atoms with Crippen LogP contribution in [-0.2, 0) is 16.1 Å². The summed E-state index contributed by atoms with van der Waals surface area (Å²) in [5.74, 6) is -0.276. The quantitative estimate of drug-likeness (QED) is 0.642. The number of amides is 1. The Balaban J connectivity index is 2.21. The fraction of sp³-hybridized carbons (Fsp3) is 0.500. The average molecular weight is 287 g/mol. The molecule has 0 spiro atoms. The lowest BCUT2D eigenvalue weighted by atomic mass is 10.1. The molecule has 0 bridgehead atoms. The lowest BCUT2D eigenvalue weighted by molar-refractivity contribution is -0.117. The van der Waals surface area contributed by atoms with Gasteiger partial charge in [-0.1, -0.05) is 0 Å². The molecule has 112 valence electrons. The van der Waals surface area contributed by atoms with Gasteiger partial charge in [-0.05, 0) is 44.4 Å². The highest BCUT2D eigenvalue weighted by Crippen LogP contribution is 2.21. The molecule has 1 N–H and O–H groups in total. The van der Waals surface area contributed by atoms with E-state index in [1.165, 1.54) is 0 Å². The van der Waals surface area contributed by atoms with Crippen LogP contribution >= 0.6 is 0 Å². The van der Waals surface area contributed by atoms with E-state index in [0.29, 0.717) is 6.61 Å². The largest absolute Gasteiger partial charge is 0.383 e. The molecular formula is C16H21N3O2. The van der Waals surface area contributed by atoms with E-state index in [0.717, 1.165) is 36.3 Å². The predicted octanol–water partition coefficient (Wildman–Crippen LogP) is 1.94. The highest BCUT2D eigenvalue weighted by molar-refractivity contribution is 6.02. The van der Waals surface area contributed by atoms with Crippen molar-refractivity contribution < 1.29 is 9.53 Å². The van der Waals surface area contributed by atoms with Crippen LogP contribution in [-0.4, -0.2) is 30.2 Å². The molecule has 1 heterocycles. The van der Waals surface area contributed by atoms with Gasteiger partial charge in [0.2, 0.25) is 0 Å². The molecule has 1 aromatic rings. The third kappa shape index (κ3) is 3.73. The number of nitrogens with one attached hydrogen (secondary N) is 1. The van der Waals surface area contributed by atoms with Gasteiger partial charge in [-0.15, -0.1) is 0 Å². The molecule has 1 amide bonds. The van der Waals surface area contributed by atoms with Gasteiger partial charge in [-0.25, -0.2) is 0 Å². The molecule has 5 heteroatoms. The van der Waals surface area contributed by atoms with Crippen molar-refractivity contribution in [3.05, 3.63) is 28.6 Å². The Kier molecular flexibility index (Phi) is 4.81. The van der Waals surface area contributed by atoms with Crippen LogP contribution in [0.1, 0.15) is 29.8 Å². The topological polar surface area (TPSA) is 67.0 Å². The monoisotopic (exact) mass is 287 g/mol. The van der Waals surface area contributed by atoms with Crippen molar-refractivity contribution in [1.82, 2.24) is 9.88 Å². The minimum atomic E-state index is -0.276. The van der Waals surface area contributed by atoms with Gasteiger partial charge < -0.3 is 14.6 Å². The van der Waals surface area contributed by atoms with Crippen LogP contribution in [0.15, 0.2) is 11.6 Å². The van der Waals surface area contributed by atoms with E-state index >= 15 is 0 Å². The van der Waals surface area contributed by atoms with Crippen molar-refractivity contribution >= 4 is 12.0 Å². The number of hydrogen-bond acceptors (Lipinski definition) is 3. The lowest BCUT2D eigenvalue weighted by Gasteiger charge is -2.08. The number of nitrogens with zero attached hydrogens (tertiary/aromatic N) is 2. The van der Waals surface area contributed by atoms with Crippen molar-refractivity contribution in [1.29, 1.82) is 5.26 Å². The molecule has 1 aliphatic carbocycles. The standard InChI is InChI=1S/C16H21N3O2/c1-11-8-13(12(2)19(11)6-7-21-3)9-14(10-17)16(20)18-15-4-5-15/h8-9,15H,4-7H2,1-3H3,(H,18,20). The van der Waals surface area contributed by atoms with Gasteiger partial charge in [0.05, 0.1) is 6.61 Å². The van der Waals surface area contributed by atoms with E-state index in [9.17, 15) is 10.1 Å². The summed E-state index contributed by atoms with van der Waals surface area (Å²) in [6, 6.07) is 4.24. The van der Waals surface area contributed by atoms with Gasteiger partial charge in [0.1, 0.15) is 11.6 Å². The second kappa shape index (κ2) is 6.59. The summed E-state index contributed by atoms with van der Waals surface area (Å²) in [4.78, 5) is 12.0. The summed E-state index contributed by atoms with van der Waals surface area (Å²) >= 11 is 0. The van der Waals surface area contributed by atoms with Crippen LogP contribution in [0.4, 0.5) is 0 Å². The maximum Gasteiger partial charge on any atom is 0.262 e. The van der Waals surface area contributed by atoms with Gasteiger partial charge in [-0.2, -0.15) is 5.26 Å². The van der Waals surface area contributed by atoms with Crippen LogP contribution in [0.3, 0.4) is 0 Å². The van der Waals surface area contributed by atoms with Crippen molar-refractivity contribution in [2.24, 2.45) is 0 Å². The minimum absolute atomic E-state index is 0.161. The van der Waals surface area contributed by atoms with E-state index in [-0.39, 0.29) is 17.5 Å². The molecule has 21 heavy (non-hydrogen) atoms. The first-order valence-corrected chi connectivity index (χ1v) is 7.15. The van der Waals surface area contributed by atoms with Crippen LogP contribution in [0.2, 0.25) is 0 Å². The molecule has 0 atom stereocenters. The van der Waals surface area contributed by atoms with Crippen molar-refractivity contribution in [2.75, 3.05) is 13.7 Å². The number of ether oxygens (including phenoxy) is 1. The number of methoxy groups -OCH3 is 1. The fourth-order valence-corrected chi connectivity index (χ4v) is 2.30. The number of carbonyl (C=O) groups excluding carboxylic acids is 1. The smallest absolute Gasteiger partial charge is 0.262 e. The van der Waals surface area contributed by atoms with E-state index in [1.807, 2.05) is 26.0 Å². The Hall–Kier alpha value is -2.06. The Bertz CT molecular complexity index is 604. The minimum Gasteiger partial charge on any atom is -0.383 e. The lowest BCUT2D eigenvalue weighted by Crippen LogP contribution is -2.26. The van der Waals surface area contributed by atoms with Crippen LogP contribution in [0.5, 0.6) is 0 Å². The van der Waals surface area contributed by atoms with E-state index in [1.54, 1.807) is 13.2 Å². The maximum atomic E-state index is 12.0. The average Bonchev–Trinajstić information content (AvgIpc) is 3.22. The third-order valence-corrected chi connectivity index (χ3v) is 3.71. The Morgan fingerprint density at radius 1 is 1.57 bits per heavy atom. The first kappa shape index (κ1) is 15.3. The number of carbonyl (C=O) groups is 1. The van der Waals surface area contributed by atoms with Crippen LogP contribution < -0.4 is 5.32 Å². The second-order valence-electron chi connectivity index (χ2n) is 5.39. The summed E-state index contributed by atoms with van der Waals surface area (Å²) in [5, 5.41) is 12.0. The molecule has 1 aromatic heterocycles. The molecule has 2 rings (SSSR count). The predicted molar refractivity (Wildman–Crippen MR) is 80.5 cm³/mol. The van der Waals surface area contributed by atoms with E-state index in [4.69, 9.17) is 4.74 Å². The van der Waals surface area contributed by atoms with Crippen molar-refractivity contribution in [3.63, 3.8) is 0 Å². The second-order valence-corrected chi connectivity index (χ2v) is 5.39. The SMILES string of the molecule is COCCn1c(C)cc(C=C(C#N)C(=O)NC2CC2)c1C. The fourth-order valence-electron chi connectivity index (χ4n) is 2.30. The third-order valence-electron chi connectivity index (χ3n) is 3.71. The van der Waals surface area contributed by atoms with Crippen molar-refractivity contribution in [3.8, 4) is 6.07 Å². The zero-order chi connectivity index (χ0) is 15.4. The van der Waals surface area contributed by atoms with Gasteiger partial charge in [-0.3, -0.25) is 4.79 Å². The zero-order valence-electron chi connectivity index (χ0n) is 12.8. The first-order valence-electron chi connectivity index (χ1n) is 7.15. The number of aryl methyl sites for hydroxylation is 1. The molecule has 0 saturated heterocycles. The molecule has 0 unspecified atom stereocenters. The summed E-state index contributed by atoms with van der Waals surface area (Å²) in [5.41, 5.74) is 3.20. The summed E-state index contributed by atoms with van der Waals surface area (Å²) in [7, 11) is 1.67.